The zero-order valence-corrected chi connectivity index (χ0v) is 24.0. The van der Waals surface area contributed by atoms with Gasteiger partial charge < -0.3 is 20.3 Å². The maximum absolute atomic E-state index is 15.6. The number of carbonyl (C=O) groups is 1. The number of aryl methyl sites for hydroxylation is 2. The quantitative estimate of drug-likeness (QED) is 0.181. The average molecular weight is 593 g/mol. The Kier molecular flexibility index (Phi) is 7.39. The molecular weight excluding hydrogens is 567 g/mol. The first-order chi connectivity index (χ1) is 20.8. The summed E-state index contributed by atoms with van der Waals surface area (Å²) in [6.07, 6.45) is 7.63. The maximum Gasteiger partial charge on any atom is 0.322 e. The van der Waals surface area contributed by atoms with Gasteiger partial charge in [-0.2, -0.15) is 0 Å². The number of nitrogens with zero attached hydrogens (tertiary/aromatic N) is 4. The standard InChI is InChI=1S/C32H25FN6O3S/c1-4-26(40)36-13-19-5-7-22(17(2)11-19)29-27(28-30(43-29)23(15-37-31(28)34)21-14-38-41-16-21)20-6-8-25(24(33)12-20)42-32-35-10-9-18(3)39-32/h4-12,14-16H,1,13H2,2-3H3,(H2,34,37)(H,36,40). The summed E-state index contributed by atoms with van der Waals surface area (Å²) in [4.78, 5) is 25.3. The zero-order valence-electron chi connectivity index (χ0n) is 23.2. The summed E-state index contributed by atoms with van der Waals surface area (Å²) in [6, 6.07) is 12.5. The van der Waals surface area contributed by atoms with Crippen molar-refractivity contribution in [1.29, 1.82) is 0 Å². The minimum Gasteiger partial charge on any atom is -0.421 e. The first kappa shape index (κ1) is 27.7. The Bertz CT molecular complexity index is 2000. The number of nitrogens with one attached hydrogen (secondary N) is 1. The van der Waals surface area contributed by atoms with E-state index < -0.39 is 5.82 Å². The molecule has 0 aliphatic heterocycles. The summed E-state index contributed by atoms with van der Waals surface area (Å²) in [7, 11) is 0. The minimum atomic E-state index is -0.584. The van der Waals surface area contributed by atoms with Gasteiger partial charge in [0.1, 0.15) is 12.1 Å². The molecule has 0 atom stereocenters. The summed E-state index contributed by atoms with van der Waals surface area (Å²) in [5.74, 6) is -0.530. The number of fused-ring (bicyclic) bond motifs is 1. The molecule has 9 nitrogen and oxygen atoms in total. The first-order valence-electron chi connectivity index (χ1n) is 13.2. The number of anilines is 1. The number of thiophene rings is 1. The summed E-state index contributed by atoms with van der Waals surface area (Å²) in [6.45, 7) is 7.64. The van der Waals surface area contributed by atoms with Gasteiger partial charge in [0.05, 0.1) is 6.20 Å². The van der Waals surface area contributed by atoms with Crippen molar-refractivity contribution in [3.05, 3.63) is 103 Å². The molecule has 4 heterocycles. The van der Waals surface area contributed by atoms with Gasteiger partial charge in [0.15, 0.2) is 11.6 Å². The third-order valence-corrected chi connectivity index (χ3v) is 8.12. The van der Waals surface area contributed by atoms with Gasteiger partial charge in [-0.15, -0.1) is 11.3 Å². The molecule has 43 heavy (non-hydrogen) atoms. The van der Waals surface area contributed by atoms with Crippen LogP contribution in [0, 0.1) is 19.7 Å². The van der Waals surface area contributed by atoms with E-state index in [2.05, 4.69) is 32.0 Å². The van der Waals surface area contributed by atoms with Gasteiger partial charge >= 0.3 is 6.01 Å². The Hall–Kier alpha value is -5.42. The highest BCUT2D eigenvalue weighted by atomic mass is 32.1. The second-order valence-corrected chi connectivity index (χ2v) is 10.8. The highest BCUT2D eigenvalue weighted by molar-refractivity contribution is 7.23. The number of nitrogen functional groups attached to an aromatic ring is 1. The number of carbonyl (C=O) groups excluding carboxylic acids is 1. The van der Waals surface area contributed by atoms with E-state index in [0.717, 1.165) is 43.0 Å². The van der Waals surface area contributed by atoms with Crippen LogP contribution in [0.5, 0.6) is 11.8 Å². The molecule has 0 saturated carbocycles. The van der Waals surface area contributed by atoms with Crippen LogP contribution in [0.3, 0.4) is 0 Å². The smallest absolute Gasteiger partial charge is 0.322 e. The molecule has 0 unspecified atom stereocenters. The number of aromatic nitrogens is 4. The molecule has 6 aromatic rings. The molecule has 6 rings (SSSR count). The fourth-order valence-electron chi connectivity index (χ4n) is 4.80. The number of halogens is 1. The van der Waals surface area contributed by atoms with Gasteiger partial charge in [-0.3, -0.25) is 4.79 Å². The summed E-state index contributed by atoms with van der Waals surface area (Å²) < 4.78 is 27.2. The van der Waals surface area contributed by atoms with Gasteiger partial charge in [0.25, 0.3) is 0 Å². The fraction of sp³-hybridized carbons (Fsp3) is 0.0938. The number of rotatable bonds is 8. The number of hydrogen-bond acceptors (Lipinski definition) is 9. The van der Waals surface area contributed by atoms with Crippen LogP contribution in [-0.4, -0.2) is 26.0 Å². The van der Waals surface area contributed by atoms with Gasteiger partial charge in [-0.1, -0.05) is 36.0 Å². The Balaban J connectivity index is 1.51. The Morgan fingerprint density at radius 3 is 2.70 bits per heavy atom. The SMILES string of the molecule is C=CC(=O)NCc1ccc(-c2sc3c(-c4cnoc4)cnc(N)c3c2-c2ccc(Oc3nccc(C)n3)c(F)c2)c(C)c1. The van der Waals surface area contributed by atoms with Crippen LogP contribution in [0.25, 0.3) is 42.8 Å². The topological polar surface area (TPSA) is 129 Å². The van der Waals surface area contributed by atoms with E-state index >= 15 is 4.39 Å². The molecule has 0 aliphatic carbocycles. The zero-order chi connectivity index (χ0) is 30.1. The second kappa shape index (κ2) is 11.5. The van der Waals surface area contributed by atoms with Gasteiger partial charge in [-0.25, -0.2) is 19.3 Å². The molecule has 0 bridgehead atoms. The Morgan fingerprint density at radius 1 is 1.12 bits per heavy atom. The number of benzene rings is 2. The van der Waals surface area contributed by atoms with E-state index in [-0.39, 0.29) is 17.7 Å². The van der Waals surface area contributed by atoms with E-state index in [9.17, 15) is 4.79 Å². The predicted molar refractivity (Wildman–Crippen MR) is 164 cm³/mol. The normalized spacial score (nSPS) is 11.0. The van der Waals surface area contributed by atoms with E-state index in [0.29, 0.717) is 29.0 Å². The van der Waals surface area contributed by atoms with Crippen LogP contribution >= 0.6 is 11.3 Å². The van der Waals surface area contributed by atoms with Crippen molar-refractivity contribution in [2.24, 2.45) is 0 Å². The molecule has 0 spiro atoms. The Labute approximate surface area is 249 Å². The number of hydrogen-bond donors (Lipinski definition) is 2. The molecule has 1 amide bonds. The van der Waals surface area contributed by atoms with Crippen LogP contribution in [0.1, 0.15) is 16.8 Å². The van der Waals surface area contributed by atoms with E-state index in [1.165, 1.54) is 23.5 Å². The average Bonchev–Trinajstić information content (AvgIpc) is 3.67. The second-order valence-electron chi connectivity index (χ2n) is 9.78. The van der Waals surface area contributed by atoms with Crippen molar-refractivity contribution in [3.63, 3.8) is 0 Å². The van der Waals surface area contributed by atoms with Crippen molar-refractivity contribution in [2.75, 3.05) is 5.73 Å². The molecule has 0 radical (unpaired) electrons. The van der Waals surface area contributed by atoms with Crippen LogP contribution in [0.15, 0.2) is 84.5 Å². The molecule has 0 fully saturated rings. The lowest BCUT2D eigenvalue weighted by molar-refractivity contribution is -0.116. The van der Waals surface area contributed by atoms with Gasteiger partial charge in [-0.05, 0) is 60.4 Å². The van der Waals surface area contributed by atoms with Crippen molar-refractivity contribution in [3.8, 4) is 44.5 Å². The highest BCUT2D eigenvalue weighted by Crippen LogP contribution is 2.50. The maximum atomic E-state index is 15.6. The molecule has 2 aromatic carbocycles. The molecule has 214 valence electrons. The third-order valence-electron chi connectivity index (χ3n) is 6.87. The van der Waals surface area contributed by atoms with Crippen molar-refractivity contribution in [1.82, 2.24) is 25.4 Å². The minimum absolute atomic E-state index is 0.00574. The van der Waals surface area contributed by atoms with Crippen molar-refractivity contribution < 1.29 is 18.4 Å². The van der Waals surface area contributed by atoms with Crippen LogP contribution < -0.4 is 15.8 Å². The number of nitrogens with two attached hydrogens (primary N) is 1. The fourth-order valence-corrected chi connectivity index (χ4v) is 6.25. The van der Waals surface area contributed by atoms with Crippen molar-refractivity contribution in [2.45, 2.75) is 20.4 Å². The molecule has 0 saturated heterocycles. The Morgan fingerprint density at radius 2 is 1.98 bits per heavy atom. The number of amides is 1. The molecule has 4 aromatic heterocycles. The van der Waals surface area contributed by atoms with Gasteiger partial charge in [0, 0.05) is 56.3 Å². The summed E-state index contributed by atoms with van der Waals surface area (Å²) in [5, 5.41) is 7.35. The van der Waals surface area contributed by atoms with E-state index in [4.69, 9.17) is 15.0 Å². The third kappa shape index (κ3) is 5.45. The number of pyridine rings is 1. The van der Waals surface area contributed by atoms with E-state index in [1.807, 2.05) is 25.1 Å². The number of ether oxygens (including phenoxy) is 1. The monoisotopic (exact) mass is 592 g/mol. The lowest BCUT2D eigenvalue weighted by Gasteiger charge is -2.12. The molecule has 0 aliphatic rings. The summed E-state index contributed by atoms with van der Waals surface area (Å²) in [5.41, 5.74) is 12.9. The van der Waals surface area contributed by atoms with Gasteiger partial charge in [0.2, 0.25) is 5.91 Å². The highest BCUT2D eigenvalue weighted by Gasteiger charge is 2.24. The van der Waals surface area contributed by atoms with Crippen LogP contribution in [0.2, 0.25) is 0 Å². The molecule has 3 N–H and O–H groups in total. The summed E-state index contributed by atoms with van der Waals surface area (Å²) >= 11 is 1.52. The molecule has 11 heteroatoms. The van der Waals surface area contributed by atoms with E-state index in [1.54, 1.807) is 50.0 Å². The van der Waals surface area contributed by atoms with Crippen molar-refractivity contribution >= 4 is 33.1 Å². The van der Waals surface area contributed by atoms with Crippen LogP contribution in [0.4, 0.5) is 10.2 Å². The lowest BCUT2D eigenvalue weighted by Crippen LogP contribution is -2.19. The van der Waals surface area contributed by atoms with Crippen LogP contribution in [-0.2, 0) is 11.3 Å². The first-order valence-corrected chi connectivity index (χ1v) is 14.0. The predicted octanol–water partition coefficient (Wildman–Crippen LogP) is 7.01. The lowest BCUT2D eigenvalue weighted by atomic mass is 9.95. The largest absolute Gasteiger partial charge is 0.421 e. The molecular formula is C32H25FN6O3S.